The van der Waals surface area contributed by atoms with Gasteiger partial charge in [-0.05, 0) is 24.7 Å². The lowest BCUT2D eigenvalue weighted by Crippen LogP contribution is -2.02. The first-order valence-electron chi connectivity index (χ1n) is 4.61. The zero-order chi connectivity index (χ0) is 11.1. The third-order valence-electron chi connectivity index (χ3n) is 1.74. The van der Waals surface area contributed by atoms with E-state index in [2.05, 4.69) is 0 Å². The van der Waals surface area contributed by atoms with Gasteiger partial charge in [-0.3, -0.25) is 0 Å². The van der Waals surface area contributed by atoms with Crippen molar-refractivity contribution in [3.8, 4) is 0 Å². The van der Waals surface area contributed by atoms with Crippen LogP contribution in [0.4, 0.5) is 0 Å². The van der Waals surface area contributed by atoms with Crippen LogP contribution >= 0.6 is 24.0 Å². The average Bonchev–Trinajstić information content (AvgIpc) is 2.27. The van der Waals surface area contributed by atoms with Crippen molar-refractivity contribution in [3.05, 3.63) is 35.9 Å². The molecule has 0 radical (unpaired) electrons. The molecule has 0 aliphatic rings. The number of carbonyl (C=O) groups excluding carboxylic acids is 1. The number of carbonyl (C=O) groups is 1. The largest absolute Gasteiger partial charge is 0.479 e. The van der Waals surface area contributed by atoms with Crippen molar-refractivity contribution in [2.45, 2.75) is 12.2 Å². The summed E-state index contributed by atoms with van der Waals surface area (Å²) in [4.78, 5) is 10.9. The molecule has 0 fully saturated rings. The van der Waals surface area contributed by atoms with Crippen molar-refractivity contribution in [2.24, 2.45) is 0 Å². The van der Waals surface area contributed by atoms with E-state index in [9.17, 15) is 4.79 Å². The molecule has 0 aromatic heterocycles. The van der Waals surface area contributed by atoms with E-state index >= 15 is 0 Å². The lowest BCUT2D eigenvalue weighted by molar-refractivity contribution is -0.107. The van der Waals surface area contributed by atoms with E-state index in [-0.39, 0.29) is 5.25 Å². The number of hydrogen-bond acceptors (Lipinski definition) is 4. The van der Waals surface area contributed by atoms with Gasteiger partial charge >= 0.3 is 0 Å². The maximum Gasteiger partial charge on any atom is 0.220 e. The summed E-state index contributed by atoms with van der Waals surface area (Å²) in [5.74, 6) is 0. The van der Waals surface area contributed by atoms with Crippen LogP contribution in [0, 0.1) is 0 Å². The Hall–Kier alpha value is -0.870. The molecule has 0 aliphatic carbocycles. The second-order valence-corrected chi connectivity index (χ2v) is 4.51. The zero-order valence-electron chi connectivity index (χ0n) is 8.38. The molecular formula is C11H12O2S2. The number of hydrogen-bond donors (Lipinski definition) is 0. The summed E-state index contributed by atoms with van der Waals surface area (Å²) < 4.78 is 5.55. The highest BCUT2D eigenvalue weighted by molar-refractivity contribution is 8.23. The zero-order valence-corrected chi connectivity index (χ0v) is 10.0. The maximum absolute atomic E-state index is 10.9. The summed E-state index contributed by atoms with van der Waals surface area (Å²) in [6, 6.07) is 9.52. The predicted octanol–water partition coefficient (Wildman–Crippen LogP) is 2.98. The fraction of sp³-hybridized carbons (Fsp3) is 0.273. The van der Waals surface area contributed by atoms with E-state index in [1.54, 1.807) is 0 Å². The Labute approximate surface area is 99.0 Å². The van der Waals surface area contributed by atoms with Gasteiger partial charge in [0, 0.05) is 0 Å². The topological polar surface area (TPSA) is 26.3 Å². The van der Waals surface area contributed by atoms with Crippen molar-refractivity contribution in [1.29, 1.82) is 0 Å². The molecule has 15 heavy (non-hydrogen) atoms. The first-order valence-corrected chi connectivity index (χ1v) is 5.90. The number of benzene rings is 1. The van der Waals surface area contributed by atoms with Crippen LogP contribution in [0.1, 0.15) is 17.7 Å². The smallest absolute Gasteiger partial charge is 0.220 e. The third-order valence-corrected chi connectivity index (χ3v) is 3.09. The Balaban J connectivity index is 2.65. The van der Waals surface area contributed by atoms with E-state index in [1.165, 1.54) is 11.8 Å². The van der Waals surface area contributed by atoms with Crippen molar-refractivity contribution < 1.29 is 9.53 Å². The molecule has 0 N–H and O–H groups in total. The average molecular weight is 240 g/mol. The molecule has 2 nitrogen and oxygen atoms in total. The molecule has 1 aromatic carbocycles. The van der Waals surface area contributed by atoms with Crippen LogP contribution in [0.5, 0.6) is 0 Å². The molecule has 4 heteroatoms. The number of thioether (sulfide) groups is 1. The summed E-state index contributed by atoms with van der Waals surface area (Å²) in [5, 5.41) is -0.273. The monoisotopic (exact) mass is 240 g/mol. The lowest BCUT2D eigenvalue weighted by Gasteiger charge is -2.10. The minimum absolute atomic E-state index is 0.273. The highest BCUT2D eigenvalue weighted by Gasteiger charge is 2.13. The van der Waals surface area contributed by atoms with Crippen molar-refractivity contribution in [2.75, 3.05) is 6.61 Å². The molecule has 80 valence electrons. The van der Waals surface area contributed by atoms with Crippen LogP contribution < -0.4 is 0 Å². The maximum atomic E-state index is 10.9. The lowest BCUT2D eigenvalue weighted by atomic mass is 10.2. The third kappa shape index (κ3) is 4.01. The van der Waals surface area contributed by atoms with Crippen LogP contribution in [-0.2, 0) is 9.53 Å². The summed E-state index contributed by atoms with van der Waals surface area (Å²) in [6.45, 7) is 2.40. The molecule has 0 heterocycles. The van der Waals surface area contributed by atoms with E-state index < -0.39 is 0 Å². The molecule has 0 spiro atoms. The Bertz CT molecular complexity index is 325. The first kappa shape index (κ1) is 12.2. The standard InChI is InChI=1S/C11H12O2S2/c1-2-13-11(14)15-10(8-12)9-6-4-3-5-7-9/h3-8,10H,2H2,1H3. The quantitative estimate of drug-likeness (QED) is 0.597. The molecule has 0 saturated carbocycles. The summed E-state index contributed by atoms with van der Waals surface area (Å²) in [7, 11) is 0. The molecule has 1 unspecified atom stereocenters. The Morgan fingerprint density at radius 2 is 2.20 bits per heavy atom. The Morgan fingerprint density at radius 1 is 1.53 bits per heavy atom. The predicted molar refractivity (Wildman–Crippen MR) is 67.1 cm³/mol. The number of thiocarbonyl (C=S) groups is 1. The van der Waals surface area contributed by atoms with Gasteiger partial charge in [0.1, 0.15) is 6.29 Å². The molecule has 0 saturated heterocycles. The van der Waals surface area contributed by atoms with Gasteiger partial charge in [0.25, 0.3) is 0 Å². The number of ether oxygens (including phenoxy) is 1. The molecule has 1 atom stereocenters. The second kappa shape index (κ2) is 6.58. The number of aldehydes is 1. The van der Waals surface area contributed by atoms with Gasteiger partial charge in [-0.2, -0.15) is 0 Å². The van der Waals surface area contributed by atoms with Crippen LogP contribution in [0.15, 0.2) is 30.3 Å². The van der Waals surface area contributed by atoms with Gasteiger partial charge in [0.15, 0.2) is 0 Å². The number of rotatable bonds is 4. The fourth-order valence-corrected chi connectivity index (χ4v) is 2.24. The van der Waals surface area contributed by atoms with Crippen LogP contribution in [0.3, 0.4) is 0 Å². The van der Waals surface area contributed by atoms with Gasteiger partial charge < -0.3 is 9.53 Å². The minimum atomic E-state index is -0.273. The van der Waals surface area contributed by atoms with Gasteiger partial charge in [0.05, 0.1) is 11.9 Å². The van der Waals surface area contributed by atoms with Crippen LogP contribution in [0.25, 0.3) is 0 Å². The SMILES string of the molecule is CCOC(=S)SC(C=O)c1ccccc1. The van der Waals surface area contributed by atoms with Gasteiger partial charge in [-0.1, -0.05) is 42.1 Å². The Kier molecular flexibility index (Phi) is 5.36. The van der Waals surface area contributed by atoms with Gasteiger partial charge in [-0.15, -0.1) is 0 Å². The van der Waals surface area contributed by atoms with Gasteiger partial charge in [0.2, 0.25) is 4.38 Å². The highest BCUT2D eigenvalue weighted by Crippen LogP contribution is 2.28. The minimum Gasteiger partial charge on any atom is -0.479 e. The molecule has 0 bridgehead atoms. The fourth-order valence-electron chi connectivity index (χ4n) is 1.07. The molecule has 1 aromatic rings. The summed E-state index contributed by atoms with van der Waals surface area (Å²) >= 11 is 6.24. The van der Waals surface area contributed by atoms with Crippen LogP contribution in [0.2, 0.25) is 0 Å². The van der Waals surface area contributed by atoms with Gasteiger partial charge in [-0.25, -0.2) is 0 Å². The van der Waals surface area contributed by atoms with E-state index in [0.29, 0.717) is 11.0 Å². The Morgan fingerprint density at radius 3 is 2.73 bits per heavy atom. The molecule has 0 amide bonds. The summed E-state index contributed by atoms with van der Waals surface area (Å²) in [6.07, 6.45) is 0.880. The van der Waals surface area contributed by atoms with E-state index in [4.69, 9.17) is 17.0 Å². The van der Waals surface area contributed by atoms with Crippen molar-refractivity contribution in [3.63, 3.8) is 0 Å². The molecule has 1 rings (SSSR count). The van der Waals surface area contributed by atoms with E-state index in [0.717, 1.165) is 11.8 Å². The van der Waals surface area contributed by atoms with E-state index in [1.807, 2.05) is 37.3 Å². The van der Waals surface area contributed by atoms with Crippen molar-refractivity contribution in [1.82, 2.24) is 0 Å². The summed E-state index contributed by atoms with van der Waals surface area (Å²) in [5.41, 5.74) is 0.944. The molecular weight excluding hydrogens is 228 g/mol. The second-order valence-electron chi connectivity index (χ2n) is 2.77. The van der Waals surface area contributed by atoms with Crippen molar-refractivity contribution >= 4 is 34.6 Å². The molecule has 0 aliphatic heterocycles. The normalized spacial score (nSPS) is 11.8. The highest BCUT2D eigenvalue weighted by atomic mass is 32.2. The first-order chi connectivity index (χ1) is 7.27. The van der Waals surface area contributed by atoms with Crippen LogP contribution in [-0.4, -0.2) is 17.3 Å².